The first-order chi connectivity index (χ1) is 18.5. The normalized spacial score (nSPS) is 18.9. The highest BCUT2D eigenvalue weighted by molar-refractivity contribution is 8.18. The number of rotatable bonds is 3. The van der Waals surface area contributed by atoms with Crippen LogP contribution in [0.25, 0.3) is 6.08 Å². The van der Waals surface area contributed by atoms with Gasteiger partial charge in [0, 0.05) is 24.7 Å². The van der Waals surface area contributed by atoms with Crippen molar-refractivity contribution in [1.29, 1.82) is 0 Å². The summed E-state index contributed by atoms with van der Waals surface area (Å²) >= 11 is 12.0. The van der Waals surface area contributed by atoms with E-state index in [2.05, 4.69) is 5.32 Å². The van der Waals surface area contributed by atoms with Gasteiger partial charge in [-0.3, -0.25) is 19.7 Å². The first-order valence-corrected chi connectivity index (χ1v) is 12.8. The molecule has 216 valence electrons. The Kier molecular flexibility index (Phi) is 9.81. The largest absolute Gasteiger partial charge is 0.416 e. The van der Waals surface area contributed by atoms with E-state index < -0.39 is 51.0 Å². The second-order valence-corrected chi connectivity index (χ2v) is 10.4. The number of carbonyl (C=O) groups is 3. The number of hydrogen-bond acceptors (Lipinski definition) is 6. The monoisotopic (exact) mass is 631 g/mol. The number of alkyl halides is 6. The lowest BCUT2D eigenvalue weighted by atomic mass is 10.0. The summed E-state index contributed by atoms with van der Waals surface area (Å²) in [5, 5.41) is 0.718. The minimum atomic E-state index is -4.64. The quantitative estimate of drug-likeness (QED) is 0.217. The molecule has 0 bridgehead atoms. The molecule has 1 atom stereocenters. The maximum absolute atomic E-state index is 13.2. The van der Waals surface area contributed by atoms with Crippen LogP contribution in [-0.4, -0.2) is 36.6 Å². The van der Waals surface area contributed by atoms with Crippen LogP contribution in [0.3, 0.4) is 0 Å². The summed E-state index contributed by atoms with van der Waals surface area (Å²) < 4.78 is 88.8. The van der Waals surface area contributed by atoms with Crippen molar-refractivity contribution >= 4 is 64.2 Å². The first-order valence-electron chi connectivity index (χ1n) is 11.2. The lowest BCUT2D eigenvalue weighted by Crippen LogP contribution is -2.43. The Morgan fingerprint density at radius 2 is 1.55 bits per heavy atom. The van der Waals surface area contributed by atoms with Gasteiger partial charge in [0.1, 0.15) is 0 Å². The Morgan fingerprint density at radius 1 is 0.975 bits per heavy atom. The zero-order chi connectivity index (χ0) is 30.0. The Morgan fingerprint density at radius 3 is 2.05 bits per heavy atom. The number of nitrogens with zero attached hydrogens (tertiary/aromatic N) is 1. The Labute approximate surface area is 236 Å². The fourth-order valence-electron chi connectivity index (χ4n) is 3.86. The lowest BCUT2D eigenvalue weighted by Gasteiger charge is -2.34. The van der Waals surface area contributed by atoms with Gasteiger partial charge in [-0.05, 0) is 54.9 Å². The first kappa shape index (κ1) is 31.7. The fraction of sp³-hybridized carbons (Fsp3) is 0.292. The second-order valence-electron chi connectivity index (χ2n) is 8.57. The molecule has 2 heterocycles. The van der Waals surface area contributed by atoms with Gasteiger partial charge in [-0.25, -0.2) is 4.39 Å². The topological polar surface area (TPSA) is 92.5 Å². The average molecular weight is 632 g/mol. The van der Waals surface area contributed by atoms with Crippen LogP contribution >= 0.6 is 35.0 Å². The number of nitrogens with two attached hydrogens (primary N) is 1. The molecular formula is C24H18Cl2F7N3O3S. The third kappa shape index (κ3) is 7.68. The zero-order valence-corrected chi connectivity index (χ0v) is 22.3. The third-order valence-electron chi connectivity index (χ3n) is 5.63. The van der Waals surface area contributed by atoms with E-state index in [4.69, 9.17) is 28.9 Å². The van der Waals surface area contributed by atoms with Crippen molar-refractivity contribution in [3.8, 4) is 0 Å². The predicted molar refractivity (Wildman–Crippen MR) is 137 cm³/mol. The molecule has 0 saturated carbocycles. The highest BCUT2D eigenvalue weighted by Crippen LogP contribution is 2.41. The minimum Gasteiger partial charge on any atom is -0.368 e. The predicted octanol–water partition coefficient (Wildman–Crippen LogP) is 6.92. The van der Waals surface area contributed by atoms with E-state index in [0.29, 0.717) is 42.7 Å². The van der Waals surface area contributed by atoms with Crippen LogP contribution in [0.4, 0.5) is 41.2 Å². The van der Waals surface area contributed by atoms with E-state index in [0.717, 1.165) is 25.0 Å². The van der Waals surface area contributed by atoms with Gasteiger partial charge < -0.3 is 10.6 Å². The summed E-state index contributed by atoms with van der Waals surface area (Å²) in [5.41, 5.74) is 3.71. The lowest BCUT2D eigenvalue weighted by molar-refractivity contribution is -0.138. The Balaban J connectivity index is 0.000000267. The van der Waals surface area contributed by atoms with Gasteiger partial charge in [0.05, 0.1) is 37.3 Å². The van der Waals surface area contributed by atoms with E-state index in [-0.39, 0.29) is 27.8 Å². The van der Waals surface area contributed by atoms with Crippen molar-refractivity contribution in [3.63, 3.8) is 0 Å². The molecule has 0 radical (unpaired) electrons. The molecule has 2 aromatic rings. The smallest absolute Gasteiger partial charge is 0.368 e. The highest BCUT2D eigenvalue weighted by Gasteiger charge is 2.34. The van der Waals surface area contributed by atoms with E-state index in [9.17, 15) is 45.1 Å². The molecule has 16 heteroatoms. The molecular weight excluding hydrogens is 614 g/mol. The molecule has 0 aromatic heterocycles. The number of hydrogen-bond donors (Lipinski definition) is 2. The molecule has 6 nitrogen and oxygen atoms in total. The molecule has 2 aromatic carbocycles. The molecule has 0 aliphatic carbocycles. The molecule has 4 rings (SSSR count). The van der Waals surface area contributed by atoms with Crippen LogP contribution in [0.15, 0.2) is 29.2 Å². The maximum atomic E-state index is 13.2. The van der Waals surface area contributed by atoms with Crippen molar-refractivity contribution in [1.82, 2.24) is 5.32 Å². The van der Waals surface area contributed by atoms with Gasteiger partial charge in [0.25, 0.3) is 11.1 Å². The number of aldehydes is 1. The number of benzene rings is 2. The van der Waals surface area contributed by atoms with Gasteiger partial charge >= 0.3 is 12.4 Å². The van der Waals surface area contributed by atoms with Crippen LogP contribution in [0.2, 0.25) is 10.0 Å². The summed E-state index contributed by atoms with van der Waals surface area (Å²) in [4.78, 5) is 35.2. The van der Waals surface area contributed by atoms with Gasteiger partial charge in [0.2, 0.25) is 0 Å². The van der Waals surface area contributed by atoms with Gasteiger partial charge in [-0.2, -0.15) is 26.3 Å². The number of carbonyl (C=O) groups excluding carboxylic acids is 3. The average Bonchev–Trinajstić information content (AvgIpc) is 3.15. The molecule has 2 aliphatic heterocycles. The number of halogens is 9. The molecule has 40 heavy (non-hydrogen) atoms. The SMILES string of the molecule is N[C@H]1CCCN(c2c(Cl)cc(C(F)(F)F)cc2/C=C2\SC(=O)NC2=O)C1.O=Cc1cc(C(F)(F)F)cc(Cl)c1F. The van der Waals surface area contributed by atoms with Crippen LogP contribution in [-0.2, 0) is 17.1 Å². The number of piperidine rings is 1. The molecule has 2 aliphatic rings. The van der Waals surface area contributed by atoms with Crippen molar-refractivity contribution in [2.45, 2.75) is 31.2 Å². The second kappa shape index (κ2) is 12.4. The van der Waals surface area contributed by atoms with E-state index in [1.165, 1.54) is 6.08 Å². The van der Waals surface area contributed by atoms with Crippen molar-refractivity contribution in [2.75, 3.05) is 18.0 Å². The molecule has 2 amide bonds. The van der Waals surface area contributed by atoms with Crippen LogP contribution in [0, 0.1) is 5.82 Å². The van der Waals surface area contributed by atoms with Crippen molar-refractivity contribution in [2.24, 2.45) is 5.73 Å². The third-order valence-corrected chi connectivity index (χ3v) is 7.01. The molecule has 0 spiro atoms. The minimum absolute atomic E-state index is 0.0174. The Bertz CT molecular complexity index is 1370. The highest BCUT2D eigenvalue weighted by atomic mass is 35.5. The van der Waals surface area contributed by atoms with Gasteiger partial charge in [-0.1, -0.05) is 23.2 Å². The van der Waals surface area contributed by atoms with E-state index >= 15 is 0 Å². The maximum Gasteiger partial charge on any atom is 0.416 e. The summed E-state index contributed by atoms with van der Waals surface area (Å²) in [6.07, 6.45) is -6.39. The molecule has 0 unspecified atom stereocenters. The van der Waals surface area contributed by atoms with Crippen LogP contribution in [0.1, 0.15) is 39.9 Å². The number of anilines is 1. The molecule has 3 N–H and O–H groups in total. The fourth-order valence-corrected chi connectivity index (χ4v) is 5.11. The number of imide groups is 1. The van der Waals surface area contributed by atoms with E-state index in [1.807, 2.05) is 4.90 Å². The molecule has 2 fully saturated rings. The van der Waals surface area contributed by atoms with Crippen molar-refractivity contribution in [3.05, 3.63) is 67.3 Å². The van der Waals surface area contributed by atoms with Crippen molar-refractivity contribution < 1.29 is 45.1 Å². The number of amides is 2. The standard InChI is InChI=1S/C16H15ClF3N3O2S.C8H3ClF4O/c17-11-6-9(16(18,19)20)4-8(5-12-14(24)22-15(25)26-12)13(11)23-3-1-2-10(21)7-23;9-6-2-5(8(11,12)13)1-4(3-14)7(6)10/h4-6,10H,1-3,7,21H2,(H,22,24,25);1-3H/b12-5-;/t10-;/m0./s1. The summed E-state index contributed by atoms with van der Waals surface area (Å²) in [7, 11) is 0. The van der Waals surface area contributed by atoms with Gasteiger partial charge in [-0.15, -0.1) is 0 Å². The zero-order valence-electron chi connectivity index (χ0n) is 19.9. The summed E-state index contributed by atoms with van der Waals surface area (Å²) in [6.45, 7) is 1.03. The summed E-state index contributed by atoms with van der Waals surface area (Å²) in [5.74, 6) is -1.79. The summed E-state index contributed by atoms with van der Waals surface area (Å²) in [6, 6.07) is 2.53. The molecule has 2 saturated heterocycles. The number of thioether (sulfide) groups is 1. The van der Waals surface area contributed by atoms with Crippen LogP contribution < -0.4 is 16.0 Å². The Hall–Kier alpha value is -2.81. The van der Waals surface area contributed by atoms with Crippen LogP contribution in [0.5, 0.6) is 0 Å². The van der Waals surface area contributed by atoms with E-state index in [1.54, 1.807) is 0 Å². The number of nitrogens with one attached hydrogen (secondary N) is 1. The van der Waals surface area contributed by atoms with Gasteiger partial charge in [0.15, 0.2) is 12.1 Å².